The number of anilines is 1. The van der Waals surface area contributed by atoms with E-state index < -0.39 is 17.8 Å². The van der Waals surface area contributed by atoms with Gasteiger partial charge in [0.25, 0.3) is 5.91 Å². The summed E-state index contributed by atoms with van der Waals surface area (Å²) >= 11 is 3.18. The summed E-state index contributed by atoms with van der Waals surface area (Å²) in [5.74, 6) is -2.64. The number of aromatic nitrogens is 2. The molecule has 92 valence electrons. The molecule has 0 unspecified atom stereocenters. The maximum absolute atomic E-state index is 13.2. The summed E-state index contributed by atoms with van der Waals surface area (Å²) in [4.78, 5) is 18.5. The first-order valence-corrected chi connectivity index (χ1v) is 5.60. The first-order chi connectivity index (χ1) is 8.56. The third-order valence-electron chi connectivity index (χ3n) is 2.02. The molecular formula is C11H6BrF2N3O. The van der Waals surface area contributed by atoms with Crippen LogP contribution in [0.3, 0.4) is 0 Å². The average Bonchev–Trinajstić information content (AvgIpc) is 2.33. The number of nitrogens with one attached hydrogen (secondary N) is 1. The van der Waals surface area contributed by atoms with Crippen molar-refractivity contribution >= 4 is 27.5 Å². The number of halogens is 3. The van der Waals surface area contributed by atoms with Gasteiger partial charge in [-0.1, -0.05) is 0 Å². The average molecular weight is 314 g/mol. The van der Waals surface area contributed by atoms with Crippen LogP contribution in [0.2, 0.25) is 0 Å². The van der Waals surface area contributed by atoms with Crippen molar-refractivity contribution in [2.75, 3.05) is 5.32 Å². The van der Waals surface area contributed by atoms with Gasteiger partial charge >= 0.3 is 0 Å². The second-order valence-corrected chi connectivity index (χ2v) is 4.20. The highest BCUT2D eigenvalue weighted by atomic mass is 79.9. The summed E-state index contributed by atoms with van der Waals surface area (Å²) in [6.45, 7) is 0. The number of rotatable bonds is 2. The van der Waals surface area contributed by atoms with Crippen molar-refractivity contribution in [3.63, 3.8) is 0 Å². The van der Waals surface area contributed by atoms with Gasteiger partial charge in [0.1, 0.15) is 5.69 Å². The molecule has 0 saturated carbocycles. The number of hydrogen-bond acceptors (Lipinski definition) is 3. The molecule has 2 aromatic heterocycles. The van der Waals surface area contributed by atoms with Gasteiger partial charge in [0, 0.05) is 10.7 Å². The van der Waals surface area contributed by atoms with Crippen LogP contribution in [-0.4, -0.2) is 15.9 Å². The molecular weight excluding hydrogens is 308 g/mol. The molecule has 18 heavy (non-hydrogen) atoms. The second kappa shape index (κ2) is 5.18. The summed E-state index contributed by atoms with van der Waals surface area (Å²) in [6.07, 6.45) is 1.44. The molecule has 0 saturated heterocycles. The van der Waals surface area contributed by atoms with Crippen molar-refractivity contribution in [2.45, 2.75) is 0 Å². The smallest absolute Gasteiger partial charge is 0.274 e. The van der Waals surface area contributed by atoms with Gasteiger partial charge in [-0.05, 0) is 40.2 Å². The topological polar surface area (TPSA) is 54.9 Å². The van der Waals surface area contributed by atoms with Crippen molar-refractivity contribution in [3.05, 3.63) is 52.5 Å². The van der Waals surface area contributed by atoms with E-state index in [-0.39, 0.29) is 11.4 Å². The lowest BCUT2D eigenvalue weighted by Crippen LogP contribution is -2.15. The van der Waals surface area contributed by atoms with Gasteiger partial charge in [-0.15, -0.1) is 0 Å². The lowest BCUT2D eigenvalue weighted by atomic mass is 10.3. The van der Waals surface area contributed by atoms with Crippen LogP contribution in [0.15, 0.2) is 34.9 Å². The number of pyridine rings is 2. The Balaban J connectivity index is 2.18. The predicted octanol–water partition coefficient (Wildman–Crippen LogP) is 2.77. The predicted molar refractivity (Wildman–Crippen MR) is 64.0 cm³/mol. The monoisotopic (exact) mass is 313 g/mol. The summed E-state index contributed by atoms with van der Waals surface area (Å²) in [6, 6.07) is 5.14. The van der Waals surface area contributed by atoms with E-state index >= 15 is 0 Å². The minimum Gasteiger partial charge on any atom is -0.317 e. The Labute approximate surface area is 109 Å². The standard InChI is InChI=1S/C11H6BrF2N3O/c12-6-1-2-8(15-5-6)11(18)16-7-3-4-9(13)17-10(7)14/h1-5H,(H,16,18). The van der Waals surface area contributed by atoms with Gasteiger partial charge in [-0.25, -0.2) is 4.98 Å². The third kappa shape index (κ3) is 2.86. The van der Waals surface area contributed by atoms with Crippen molar-refractivity contribution in [2.24, 2.45) is 0 Å². The molecule has 0 aliphatic heterocycles. The van der Waals surface area contributed by atoms with Gasteiger partial charge in [0.05, 0.1) is 5.69 Å². The van der Waals surface area contributed by atoms with Gasteiger partial charge in [-0.3, -0.25) is 4.79 Å². The van der Waals surface area contributed by atoms with Crippen LogP contribution in [0.1, 0.15) is 10.5 Å². The van der Waals surface area contributed by atoms with E-state index in [1.54, 1.807) is 6.07 Å². The van der Waals surface area contributed by atoms with Crippen LogP contribution in [0.4, 0.5) is 14.5 Å². The minimum atomic E-state index is -1.08. The van der Waals surface area contributed by atoms with Crippen LogP contribution in [0.5, 0.6) is 0 Å². The highest BCUT2D eigenvalue weighted by molar-refractivity contribution is 9.10. The Kier molecular flexibility index (Phi) is 3.61. The molecule has 0 aromatic carbocycles. The van der Waals surface area contributed by atoms with E-state index in [1.165, 1.54) is 12.3 Å². The number of nitrogens with zero attached hydrogens (tertiary/aromatic N) is 2. The fraction of sp³-hybridized carbons (Fsp3) is 0. The summed E-state index contributed by atoms with van der Waals surface area (Å²) < 4.78 is 26.5. The van der Waals surface area contributed by atoms with Crippen molar-refractivity contribution in [1.82, 2.24) is 9.97 Å². The molecule has 2 aromatic rings. The Morgan fingerprint density at radius 2 is 2.00 bits per heavy atom. The largest absolute Gasteiger partial charge is 0.317 e. The van der Waals surface area contributed by atoms with Crippen LogP contribution in [0, 0.1) is 11.9 Å². The Bertz CT molecular complexity index is 589. The first kappa shape index (κ1) is 12.6. The van der Waals surface area contributed by atoms with E-state index in [2.05, 4.69) is 31.2 Å². The maximum Gasteiger partial charge on any atom is 0.274 e. The number of hydrogen-bond donors (Lipinski definition) is 1. The molecule has 0 radical (unpaired) electrons. The number of carbonyl (C=O) groups excluding carboxylic acids is 1. The zero-order valence-corrected chi connectivity index (χ0v) is 10.4. The Morgan fingerprint density at radius 3 is 2.61 bits per heavy atom. The summed E-state index contributed by atoms with van der Waals surface area (Å²) in [5.41, 5.74) is -0.0898. The van der Waals surface area contributed by atoms with Gasteiger partial charge < -0.3 is 5.32 Å². The van der Waals surface area contributed by atoms with E-state index in [0.717, 1.165) is 12.1 Å². The van der Waals surface area contributed by atoms with Crippen molar-refractivity contribution < 1.29 is 13.6 Å². The molecule has 7 heteroatoms. The SMILES string of the molecule is O=C(Nc1ccc(F)nc1F)c1ccc(Br)cn1. The van der Waals surface area contributed by atoms with Crippen molar-refractivity contribution in [1.29, 1.82) is 0 Å². The molecule has 1 N–H and O–H groups in total. The van der Waals surface area contributed by atoms with Crippen LogP contribution in [0.25, 0.3) is 0 Å². The molecule has 1 amide bonds. The highest BCUT2D eigenvalue weighted by Crippen LogP contribution is 2.13. The zero-order valence-electron chi connectivity index (χ0n) is 8.82. The normalized spacial score (nSPS) is 10.2. The summed E-state index contributed by atoms with van der Waals surface area (Å²) in [5, 5.41) is 2.25. The Hall–Kier alpha value is -1.89. The third-order valence-corrected chi connectivity index (χ3v) is 2.49. The summed E-state index contributed by atoms with van der Waals surface area (Å²) in [7, 11) is 0. The lowest BCUT2D eigenvalue weighted by molar-refractivity contribution is 0.102. The van der Waals surface area contributed by atoms with Gasteiger partial charge in [0.2, 0.25) is 11.9 Å². The van der Waals surface area contributed by atoms with E-state index in [9.17, 15) is 13.6 Å². The number of amides is 1. The quantitative estimate of drug-likeness (QED) is 0.867. The molecule has 0 fully saturated rings. The van der Waals surface area contributed by atoms with Gasteiger partial charge in [-0.2, -0.15) is 13.8 Å². The van der Waals surface area contributed by atoms with E-state index in [0.29, 0.717) is 4.47 Å². The number of carbonyl (C=O) groups is 1. The fourth-order valence-electron chi connectivity index (χ4n) is 1.20. The maximum atomic E-state index is 13.2. The van der Waals surface area contributed by atoms with Crippen LogP contribution < -0.4 is 5.32 Å². The second-order valence-electron chi connectivity index (χ2n) is 3.29. The van der Waals surface area contributed by atoms with Crippen molar-refractivity contribution in [3.8, 4) is 0 Å². The first-order valence-electron chi connectivity index (χ1n) is 4.81. The zero-order chi connectivity index (χ0) is 13.1. The highest BCUT2D eigenvalue weighted by Gasteiger charge is 2.11. The van der Waals surface area contributed by atoms with E-state index in [4.69, 9.17) is 0 Å². The fourth-order valence-corrected chi connectivity index (χ4v) is 1.44. The molecule has 0 atom stereocenters. The molecule has 2 heterocycles. The lowest BCUT2D eigenvalue weighted by Gasteiger charge is -2.05. The Morgan fingerprint density at radius 1 is 1.22 bits per heavy atom. The molecule has 4 nitrogen and oxygen atoms in total. The minimum absolute atomic E-state index is 0.113. The van der Waals surface area contributed by atoms with E-state index in [1.807, 2.05) is 0 Å². The van der Waals surface area contributed by atoms with Crippen LogP contribution >= 0.6 is 15.9 Å². The van der Waals surface area contributed by atoms with Crippen LogP contribution in [-0.2, 0) is 0 Å². The molecule has 2 rings (SSSR count). The molecule has 0 bridgehead atoms. The molecule has 0 aliphatic rings. The molecule has 0 spiro atoms. The molecule has 0 aliphatic carbocycles. The van der Waals surface area contributed by atoms with Gasteiger partial charge in [0.15, 0.2) is 0 Å².